The van der Waals surface area contributed by atoms with Crippen molar-refractivity contribution < 1.29 is 93.0 Å². The summed E-state index contributed by atoms with van der Waals surface area (Å²) in [6, 6.07) is 0. The van der Waals surface area contributed by atoms with Crippen molar-refractivity contribution in [1.82, 2.24) is 0 Å². The van der Waals surface area contributed by atoms with Gasteiger partial charge in [0.05, 0.1) is 58.9 Å². The SMILES string of the molecule is CC(C)(CCCSCSCCCC(C)(C)C(=O)O)C(=O)O.CCOC(=O)C(C)(C)CCCBr.CCOC(=O)C(C)(C)CCCS.CCOC(=O)C(C)(C)CCCSCSCCCC(C)(C)C(=O)OCC.[Na+].[OH-]. The second kappa shape index (κ2) is 47.0. The number of hydrogen-bond acceptors (Lipinski definition) is 16. The third-order valence-electron chi connectivity index (χ3n) is 11.1. The van der Waals surface area contributed by atoms with Crippen LogP contribution in [0.2, 0.25) is 0 Å². The Morgan fingerprint density at radius 2 is 0.625 bits per heavy atom. The van der Waals surface area contributed by atoms with E-state index in [1.165, 1.54) is 0 Å². The number of carboxylic acids is 2. The van der Waals surface area contributed by atoms with Crippen molar-refractivity contribution in [3.8, 4) is 0 Å². The number of hydrogen-bond donors (Lipinski definition) is 3. The Morgan fingerprint density at radius 3 is 0.819 bits per heavy atom. The van der Waals surface area contributed by atoms with E-state index in [1.54, 1.807) is 27.7 Å². The largest absolute Gasteiger partial charge is 1.00 e. The normalized spacial score (nSPS) is 11.6. The van der Waals surface area contributed by atoms with E-state index in [4.69, 9.17) is 29.2 Å². The Labute approximate surface area is 491 Å². The Bertz CT molecular complexity index is 1330. The van der Waals surface area contributed by atoms with Gasteiger partial charge in [0.1, 0.15) is 0 Å². The van der Waals surface area contributed by atoms with Crippen molar-refractivity contribution >= 4 is 111 Å². The first kappa shape index (κ1) is 83.3. The molecular formula is C52H100BrNaO13S5. The summed E-state index contributed by atoms with van der Waals surface area (Å²) in [7, 11) is 0. The van der Waals surface area contributed by atoms with Crippen LogP contribution in [0.1, 0.15) is 188 Å². The number of carbonyl (C=O) groups is 6. The molecule has 0 aliphatic rings. The van der Waals surface area contributed by atoms with E-state index >= 15 is 0 Å². The molecule has 0 spiro atoms. The standard InChI is InChI=1S/C19H36O4S2.C15H28O4S2.C9H17BrO2.C9H18O2S.Na.H2O/c1-7-22-16(20)18(3,4)11-9-13-24-15-25-14-10-12-19(5,6)17(21)23-8-2;1-14(2,12(16)17)7-5-9-20-11-21-10-6-8-15(3,4)13(18)19;1-4-12-8(11)9(2,3)6-5-7-10;1-4-11-8(10)9(2,3)6-5-7-12;;/h7-15H2,1-6H3;5-11H2,1-4H3,(H,16,17)(H,18,19);4-7H2,1-3H3;12H,4-7H2,1-3H3;;1H2/q;;;;+1;/p-1. The van der Waals surface area contributed by atoms with Crippen LogP contribution in [0, 0.1) is 32.5 Å². The summed E-state index contributed by atoms with van der Waals surface area (Å²) in [5.41, 5.74) is -2.71. The van der Waals surface area contributed by atoms with E-state index in [2.05, 4.69) is 28.6 Å². The first-order chi connectivity index (χ1) is 32.3. The van der Waals surface area contributed by atoms with Crippen LogP contribution < -0.4 is 29.6 Å². The van der Waals surface area contributed by atoms with Gasteiger partial charge in [-0.05, 0) is 217 Å². The fraction of sp³-hybridized carbons (Fsp3) is 0.885. The minimum Gasteiger partial charge on any atom is -0.870 e. The van der Waals surface area contributed by atoms with Crippen molar-refractivity contribution in [3.05, 3.63) is 0 Å². The Kier molecular flexibility index (Phi) is 54.5. The first-order valence-electron chi connectivity index (χ1n) is 25.0. The molecule has 72 heavy (non-hydrogen) atoms. The number of ether oxygens (including phenoxy) is 4. The molecule has 0 bridgehead atoms. The summed E-state index contributed by atoms with van der Waals surface area (Å²) in [6.45, 7) is 31.7. The monoisotopic (exact) mass is 1190 g/mol. The molecule has 0 radical (unpaired) electrons. The summed E-state index contributed by atoms with van der Waals surface area (Å²) in [4.78, 5) is 68.1. The average Bonchev–Trinajstić information content (AvgIpc) is 3.27. The van der Waals surface area contributed by atoms with Crippen molar-refractivity contribution in [2.24, 2.45) is 32.5 Å². The molecule has 0 rings (SSSR count). The van der Waals surface area contributed by atoms with Gasteiger partial charge in [0.15, 0.2) is 0 Å². The minimum absolute atomic E-state index is 0. The number of halogens is 1. The second-order valence-electron chi connectivity index (χ2n) is 20.7. The number of esters is 4. The van der Waals surface area contributed by atoms with E-state index in [1.807, 2.05) is 130 Å². The summed E-state index contributed by atoms with van der Waals surface area (Å²) in [6.07, 6.45) is 10.7. The molecular weight excluding hydrogens is 1100 g/mol. The van der Waals surface area contributed by atoms with Gasteiger partial charge >= 0.3 is 65.4 Å². The molecule has 0 saturated heterocycles. The Balaban J connectivity index is -0.000000209. The molecule has 0 atom stereocenters. The van der Waals surface area contributed by atoms with E-state index in [0.29, 0.717) is 39.3 Å². The molecule has 0 amide bonds. The predicted molar refractivity (Wildman–Crippen MR) is 309 cm³/mol. The number of carbonyl (C=O) groups excluding carboxylic acids is 4. The van der Waals surface area contributed by atoms with Gasteiger partial charge in [-0.2, -0.15) is 59.7 Å². The number of carboxylic acid groups (broad SMARTS) is 2. The Hall–Kier alpha value is 0.01000. The van der Waals surface area contributed by atoms with Crippen LogP contribution in [0.25, 0.3) is 0 Å². The molecule has 0 aromatic carbocycles. The van der Waals surface area contributed by atoms with E-state index in [9.17, 15) is 28.8 Å². The van der Waals surface area contributed by atoms with Gasteiger partial charge in [0.2, 0.25) is 0 Å². The summed E-state index contributed by atoms with van der Waals surface area (Å²) >= 11 is 14.9. The van der Waals surface area contributed by atoms with Crippen molar-refractivity contribution in [2.45, 2.75) is 188 Å². The van der Waals surface area contributed by atoms with Gasteiger partial charge in [0, 0.05) is 15.5 Å². The minimum atomic E-state index is -0.733. The summed E-state index contributed by atoms with van der Waals surface area (Å²) in [5, 5.41) is 21.0. The van der Waals surface area contributed by atoms with Crippen LogP contribution >= 0.6 is 75.6 Å². The number of thiol groups is 1. The molecule has 3 N–H and O–H groups in total. The first-order valence-corrected chi connectivity index (χ1v) is 31.4. The molecule has 0 heterocycles. The zero-order chi connectivity index (χ0) is 55.1. The van der Waals surface area contributed by atoms with Crippen LogP contribution in [0.3, 0.4) is 0 Å². The maximum Gasteiger partial charge on any atom is 1.00 e. The van der Waals surface area contributed by atoms with Crippen LogP contribution in [0.4, 0.5) is 0 Å². The topological polar surface area (TPSA) is 210 Å². The quantitative estimate of drug-likeness (QED) is 0.0101. The number of thioether (sulfide) groups is 4. The van der Waals surface area contributed by atoms with Crippen LogP contribution in [-0.4, -0.2) is 122 Å². The average molecular weight is 1200 g/mol. The van der Waals surface area contributed by atoms with Gasteiger partial charge in [-0.15, -0.1) is 0 Å². The molecule has 13 nitrogen and oxygen atoms in total. The molecule has 0 unspecified atom stereocenters. The maximum atomic E-state index is 11.8. The van der Waals surface area contributed by atoms with Crippen molar-refractivity contribution in [2.75, 3.05) is 70.7 Å². The van der Waals surface area contributed by atoms with E-state index < -0.39 is 22.8 Å². The second-order valence-corrected chi connectivity index (χ2v) is 27.1. The molecule has 0 aromatic rings. The van der Waals surface area contributed by atoms with Crippen LogP contribution in [0.5, 0.6) is 0 Å². The summed E-state index contributed by atoms with van der Waals surface area (Å²) < 4.78 is 20.1. The molecule has 0 fully saturated rings. The van der Waals surface area contributed by atoms with Crippen LogP contribution in [-0.2, 0) is 47.7 Å². The van der Waals surface area contributed by atoms with Gasteiger partial charge in [-0.25, -0.2) is 0 Å². The van der Waals surface area contributed by atoms with Gasteiger partial charge in [-0.3, -0.25) is 28.8 Å². The fourth-order valence-electron chi connectivity index (χ4n) is 5.78. The number of alkyl halides is 1. The molecule has 0 aromatic heterocycles. The molecule has 0 aliphatic carbocycles. The van der Waals surface area contributed by atoms with Crippen molar-refractivity contribution in [3.63, 3.8) is 0 Å². The van der Waals surface area contributed by atoms with E-state index in [0.717, 1.165) is 108 Å². The predicted octanol–water partition coefficient (Wildman–Crippen LogP) is 11.2. The summed E-state index contributed by atoms with van der Waals surface area (Å²) in [5.74, 6) is 3.03. The number of aliphatic carboxylic acids is 2. The zero-order valence-corrected chi connectivity index (χ0v) is 55.6. The molecule has 0 saturated carbocycles. The molecule has 424 valence electrons. The third-order valence-corrected chi connectivity index (χ3v) is 16.9. The third kappa shape index (κ3) is 45.1. The van der Waals surface area contributed by atoms with Crippen molar-refractivity contribution in [1.29, 1.82) is 0 Å². The smallest absolute Gasteiger partial charge is 0.870 e. The number of rotatable bonds is 36. The molecule has 20 heteroatoms. The van der Waals surface area contributed by atoms with E-state index in [-0.39, 0.29) is 80.6 Å². The maximum absolute atomic E-state index is 11.8. The fourth-order valence-corrected chi connectivity index (χ4v) is 10.4. The zero-order valence-electron chi connectivity index (χ0n) is 47.9. The van der Waals surface area contributed by atoms with Gasteiger partial charge < -0.3 is 34.6 Å². The van der Waals surface area contributed by atoms with Gasteiger partial charge in [-0.1, -0.05) is 15.9 Å². The van der Waals surface area contributed by atoms with Crippen LogP contribution in [0.15, 0.2) is 0 Å². The molecule has 0 aliphatic heterocycles. The van der Waals surface area contributed by atoms with Gasteiger partial charge in [0.25, 0.3) is 0 Å². The Morgan fingerprint density at radius 1 is 0.417 bits per heavy atom.